The van der Waals surface area contributed by atoms with Gasteiger partial charge in [-0.05, 0) is 36.5 Å². The third-order valence-corrected chi connectivity index (χ3v) is 11.1. The molecule has 0 saturated heterocycles. The molecule has 5 rings (SSSR count). The normalized spacial score (nSPS) is 32.8. The molecular formula is C17H16Br4N2OS. The van der Waals surface area contributed by atoms with Gasteiger partial charge in [0.2, 0.25) is 5.91 Å². The molecule has 1 amide bonds. The molecule has 3 aliphatic carbocycles. The summed E-state index contributed by atoms with van der Waals surface area (Å²) in [6.07, 6.45) is 1.89. The van der Waals surface area contributed by atoms with Crippen LogP contribution in [0.15, 0.2) is 22.7 Å². The number of carbonyl (C=O) groups excluding carboxylic acids is 1. The van der Waals surface area contributed by atoms with Crippen LogP contribution < -0.4 is 5.32 Å². The summed E-state index contributed by atoms with van der Waals surface area (Å²) in [5.41, 5.74) is 0.412. The third kappa shape index (κ3) is 2.23. The van der Waals surface area contributed by atoms with Crippen LogP contribution in [0.2, 0.25) is 0 Å². The zero-order valence-electron chi connectivity index (χ0n) is 13.6. The predicted molar refractivity (Wildman–Crippen MR) is 118 cm³/mol. The van der Waals surface area contributed by atoms with Crippen molar-refractivity contribution in [2.75, 3.05) is 5.32 Å². The largest absolute Gasteiger partial charge is 0.301 e. The van der Waals surface area contributed by atoms with Gasteiger partial charge in [0.25, 0.3) is 0 Å². The molecule has 3 saturated carbocycles. The van der Waals surface area contributed by atoms with Crippen LogP contribution in [0.3, 0.4) is 0 Å². The first-order valence-electron chi connectivity index (χ1n) is 7.96. The lowest BCUT2D eigenvalue weighted by Crippen LogP contribution is -2.71. The maximum Gasteiger partial charge on any atom is 0.234 e. The van der Waals surface area contributed by atoms with Crippen molar-refractivity contribution >= 4 is 96.3 Å². The van der Waals surface area contributed by atoms with E-state index in [1.807, 2.05) is 18.2 Å². The smallest absolute Gasteiger partial charge is 0.234 e. The van der Waals surface area contributed by atoms with Gasteiger partial charge in [-0.2, -0.15) is 0 Å². The topological polar surface area (TPSA) is 42.0 Å². The SMILES string of the molecule is CC1(C)C2(C(=O)Nc3nc4ccc(Br)cc4s3)CCC1(C(Br)Br)C2Br. The van der Waals surface area contributed by atoms with Gasteiger partial charge >= 0.3 is 0 Å². The van der Waals surface area contributed by atoms with Crippen molar-refractivity contribution in [2.45, 2.75) is 35.3 Å². The summed E-state index contributed by atoms with van der Waals surface area (Å²) in [6, 6.07) is 5.96. The average Bonchev–Trinajstić information content (AvgIpc) is 3.14. The Morgan fingerprint density at radius 2 is 2.08 bits per heavy atom. The fourth-order valence-electron chi connectivity index (χ4n) is 4.86. The van der Waals surface area contributed by atoms with Gasteiger partial charge in [-0.15, -0.1) is 0 Å². The number of hydrogen-bond donors (Lipinski definition) is 1. The lowest BCUT2D eigenvalue weighted by molar-refractivity contribution is -0.155. The zero-order chi connectivity index (χ0) is 18.2. The predicted octanol–water partition coefficient (Wildman–Crippen LogP) is 6.68. The van der Waals surface area contributed by atoms with Gasteiger partial charge < -0.3 is 5.32 Å². The molecule has 25 heavy (non-hydrogen) atoms. The van der Waals surface area contributed by atoms with E-state index in [1.165, 1.54) is 11.3 Å². The van der Waals surface area contributed by atoms with Gasteiger partial charge in [0.15, 0.2) is 5.13 Å². The van der Waals surface area contributed by atoms with E-state index in [-0.39, 0.29) is 25.3 Å². The lowest BCUT2D eigenvalue weighted by Gasteiger charge is -2.66. The second-order valence-electron chi connectivity index (χ2n) is 7.39. The van der Waals surface area contributed by atoms with Crippen LogP contribution >= 0.6 is 75.1 Å². The molecule has 3 atom stereocenters. The number of nitrogens with zero attached hydrogens (tertiary/aromatic N) is 1. The number of halogens is 4. The number of anilines is 1. The molecule has 3 unspecified atom stereocenters. The van der Waals surface area contributed by atoms with Crippen molar-refractivity contribution in [1.82, 2.24) is 4.98 Å². The Labute approximate surface area is 184 Å². The van der Waals surface area contributed by atoms with Crippen LogP contribution in [0.4, 0.5) is 5.13 Å². The summed E-state index contributed by atoms with van der Waals surface area (Å²) in [5, 5.41) is 3.77. The van der Waals surface area contributed by atoms with E-state index in [9.17, 15) is 4.79 Å². The molecule has 1 N–H and O–H groups in total. The summed E-state index contributed by atoms with van der Waals surface area (Å²) < 4.78 is 2.25. The molecule has 1 heterocycles. The number of benzene rings is 1. The van der Waals surface area contributed by atoms with Crippen LogP contribution in [0.5, 0.6) is 0 Å². The van der Waals surface area contributed by atoms with E-state index in [0.29, 0.717) is 5.13 Å². The maximum absolute atomic E-state index is 13.3. The van der Waals surface area contributed by atoms with E-state index in [1.54, 1.807) is 0 Å². The fourth-order valence-corrected chi connectivity index (χ4v) is 11.2. The van der Waals surface area contributed by atoms with E-state index in [4.69, 9.17) is 0 Å². The second-order valence-corrected chi connectivity index (χ2v) is 13.3. The van der Waals surface area contributed by atoms with Crippen molar-refractivity contribution in [1.29, 1.82) is 0 Å². The molecule has 0 aliphatic heterocycles. The van der Waals surface area contributed by atoms with E-state index >= 15 is 0 Å². The highest BCUT2D eigenvalue weighted by molar-refractivity contribution is 9.24. The van der Waals surface area contributed by atoms with Gasteiger partial charge in [0, 0.05) is 14.7 Å². The number of amides is 1. The Morgan fingerprint density at radius 3 is 2.68 bits per heavy atom. The molecule has 2 aromatic rings. The van der Waals surface area contributed by atoms with E-state index < -0.39 is 5.41 Å². The summed E-state index contributed by atoms with van der Waals surface area (Å²) in [4.78, 5) is 18.0. The highest BCUT2D eigenvalue weighted by Gasteiger charge is 2.83. The number of fused-ring (bicyclic) bond motifs is 2. The van der Waals surface area contributed by atoms with Crippen molar-refractivity contribution in [2.24, 2.45) is 16.2 Å². The minimum absolute atomic E-state index is 0.0306. The highest BCUT2D eigenvalue weighted by Crippen LogP contribution is 2.82. The molecule has 3 nitrogen and oxygen atoms in total. The van der Waals surface area contributed by atoms with E-state index in [0.717, 1.165) is 27.5 Å². The van der Waals surface area contributed by atoms with Crippen molar-refractivity contribution in [3.05, 3.63) is 22.7 Å². The number of hydrogen-bond acceptors (Lipinski definition) is 3. The van der Waals surface area contributed by atoms with Crippen LogP contribution in [0, 0.1) is 16.2 Å². The molecule has 1 aromatic carbocycles. The van der Waals surface area contributed by atoms with Gasteiger partial charge in [-0.3, -0.25) is 4.79 Å². The van der Waals surface area contributed by atoms with Gasteiger partial charge in [-0.1, -0.05) is 88.9 Å². The second kappa shape index (κ2) is 6.00. The first-order chi connectivity index (χ1) is 11.7. The van der Waals surface area contributed by atoms with Crippen LogP contribution in [0.1, 0.15) is 26.7 Å². The molecule has 3 aliphatic rings. The Morgan fingerprint density at radius 1 is 1.36 bits per heavy atom. The number of carbonyl (C=O) groups is 1. The quantitative estimate of drug-likeness (QED) is 0.392. The van der Waals surface area contributed by atoms with Gasteiger partial charge in [0.05, 0.1) is 19.4 Å². The molecule has 2 bridgehead atoms. The van der Waals surface area contributed by atoms with Gasteiger partial charge in [-0.25, -0.2) is 4.98 Å². The van der Waals surface area contributed by atoms with Gasteiger partial charge in [0.1, 0.15) is 0 Å². The van der Waals surface area contributed by atoms with Crippen molar-refractivity contribution in [3.8, 4) is 0 Å². The standard InChI is InChI=1S/C17H16Br4N2OS/c1-15(2)16(12(20)21)5-6-17(15,11(16)19)13(24)23-14-22-9-4-3-8(18)7-10(9)25-14/h3-4,7,11-12H,5-6H2,1-2H3,(H,22,23,24). The Bertz CT molecular complexity index is 883. The Hall–Kier alpha value is 0.500. The number of rotatable bonds is 3. The third-order valence-electron chi connectivity index (χ3n) is 6.46. The monoisotopic (exact) mass is 612 g/mol. The summed E-state index contributed by atoms with van der Waals surface area (Å²) in [6.45, 7) is 4.42. The molecule has 0 radical (unpaired) electrons. The highest BCUT2D eigenvalue weighted by atomic mass is 79.9. The van der Waals surface area contributed by atoms with Crippen LogP contribution in [0.25, 0.3) is 10.2 Å². The molecular weight excluding hydrogens is 600 g/mol. The zero-order valence-corrected chi connectivity index (χ0v) is 20.7. The molecule has 1 aromatic heterocycles. The lowest BCUT2D eigenvalue weighted by atomic mass is 9.43. The molecule has 0 spiro atoms. The van der Waals surface area contributed by atoms with E-state index in [2.05, 4.69) is 87.9 Å². The number of thiazole rings is 1. The number of nitrogens with one attached hydrogen (secondary N) is 1. The fraction of sp³-hybridized carbons (Fsp3) is 0.529. The minimum atomic E-state index is -0.411. The first kappa shape index (κ1) is 18.8. The molecule has 3 fully saturated rings. The average molecular weight is 616 g/mol. The Kier molecular flexibility index (Phi) is 4.52. The van der Waals surface area contributed by atoms with Crippen LogP contribution in [-0.2, 0) is 4.79 Å². The van der Waals surface area contributed by atoms with Crippen molar-refractivity contribution in [3.63, 3.8) is 0 Å². The number of alkyl halides is 3. The molecule has 8 heteroatoms. The van der Waals surface area contributed by atoms with Crippen molar-refractivity contribution < 1.29 is 4.79 Å². The Balaban J connectivity index is 1.65. The number of aromatic nitrogens is 1. The summed E-state index contributed by atoms with van der Waals surface area (Å²) in [7, 11) is 0. The van der Waals surface area contributed by atoms with Crippen LogP contribution in [-0.4, -0.2) is 19.5 Å². The summed E-state index contributed by atoms with van der Waals surface area (Å²) >= 11 is 16.3. The molecule has 134 valence electrons. The summed E-state index contributed by atoms with van der Waals surface area (Å²) in [5.74, 6) is 0.0753. The first-order valence-corrected chi connectivity index (χ1v) is 12.3. The minimum Gasteiger partial charge on any atom is -0.301 e. The maximum atomic E-state index is 13.3.